The SMILES string of the molecule is Cc1cccc2c1-c1c(ccc3c1sc1ccccc13)C21c2ccccc2C2(c3ccccc3-c3ccccc32)c2ccccc21. The van der Waals surface area contributed by atoms with Gasteiger partial charge in [-0.1, -0.05) is 146 Å². The van der Waals surface area contributed by atoms with Crippen LogP contribution in [-0.2, 0) is 10.8 Å². The summed E-state index contributed by atoms with van der Waals surface area (Å²) in [7, 11) is 0. The zero-order chi connectivity index (χ0) is 30.2. The van der Waals surface area contributed by atoms with Gasteiger partial charge in [-0.2, -0.15) is 0 Å². The van der Waals surface area contributed by atoms with E-state index in [4.69, 9.17) is 0 Å². The Morgan fingerprint density at radius 1 is 0.370 bits per heavy atom. The topological polar surface area (TPSA) is 0 Å². The Labute approximate surface area is 272 Å². The molecule has 46 heavy (non-hydrogen) atoms. The molecule has 0 saturated carbocycles. The van der Waals surface area contributed by atoms with Crippen molar-refractivity contribution < 1.29 is 0 Å². The van der Waals surface area contributed by atoms with Gasteiger partial charge in [0.15, 0.2) is 0 Å². The summed E-state index contributed by atoms with van der Waals surface area (Å²) in [6.07, 6.45) is 0. The van der Waals surface area contributed by atoms with Gasteiger partial charge in [0.25, 0.3) is 0 Å². The van der Waals surface area contributed by atoms with Crippen molar-refractivity contribution in [3.8, 4) is 22.3 Å². The van der Waals surface area contributed by atoms with Crippen LogP contribution in [0.1, 0.15) is 50.1 Å². The van der Waals surface area contributed by atoms with Crippen molar-refractivity contribution in [1.29, 1.82) is 0 Å². The van der Waals surface area contributed by atoms with Gasteiger partial charge >= 0.3 is 0 Å². The van der Waals surface area contributed by atoms with Crippen LogP contribution in [0, 0.1) is 6.92 Å². The van der Waals surface area contributed by atoms with Crippen molar-refractivity contribution >= 4 is 31.5 Å². The largest absolute Gasteiger partial charge is 0.135 e. The summed E-state index contributed by atoms with van der Waals surface area (Å²) in [4.78, 5) is 0. The number of hydrogen-bond donors (Lipinski definition) is 0. The van der Waals surface area contributed by atoms with E-state index in [0.717, 1.165) is 0 Å². The third-order valence-corrected chi connectivity index (χ3v) is 12.5. The van der Waals surface area contributed by atoms with E-state index in [1.165, 1.54) is 92.5 Å². The van der Waals surface area contributed by atoms with Crippen LogP contribution in [0.5, 0.6) is 0 Å². The maximum absolute atomic E-state index is 2.47. The molecule has 3 aliphatic carbocycles. The van der Waals surface area contributed by atoms with Crippen molar-refractivity contribution in [3.05, 3.63) is 202 Å². The molecule has 214 valence electrons. The van der Waals surface area contributed by atoms with Gasteiger partial charge in [0.2, 0.25) is 0 Å². The van der Waals surface area contributed by atoms with Crippen LogP contribution in [0.25, 0.3) is 42.4 Å². The fourth-order valence-electron chi connectivity index (χ4n) is 9.77. The highest BCUT2D eigenvalue weighted by molar-refractivity contribution is 7.26. The Bertz CT molecular complexity index is 2520. The first-order chi connectivity index (χ1) is 22.8. The average Bonchev–Trinajstić information content (AvgIpc) is 3.74. The third-order valence-electron chi connectivity index (χ3n) is 11.3. The Balaban J connectivity index is 1.37. The Hall–Kier alpha value is -5.24. The van der Waals surface area contributed by atoms with E-state index in [1.54, 1.807) is 0 Å². The van der Waals surface area contributed by atoms with Gasteiger partial charge in [-0.05, 0) is 79.8 Å². The fourth-order valence-corrected chi connectivity index (χ4v) is 11.0. The molecule has 0 bridgehead atoms. The summed E-state index contributed by atoms with van der Waals surface area (Å²) in [5.74, 6) is 0. The van der Waals surface area contributed by atoms with E-state index in [-0.39, 0.29) is 0 Å². The maximum atomic E-state index is 2.47. The molecule has 3 aliphatic rings. The predicted octanol–water partition coefficient (Wildman–Crippen LogP) is 11.4. The molecule has 0 radical (unpaired) electrons. The Morgan fingerprint density at radius 3 is 1.48 bits per heavy atom. The quantitative estimate of drug-likeness (QED) is 0.162. The summed E-state index contributed by atoms with van der Waals surface area (Å²) in [5.41, 5.74) is 17.2. The van der Waals surface area contributed by atoms with E-state index >= 15 is 0 Å². The van der Waals surface area contributed by atoms with Crippen LogP contribution in [0.15, 0.2) is 152 Å². The molecule has 0 atom stereocenters. The monoisotopic (exact) mass is 600 g/mol. The smallest absolute Gasteiger partial charge is 0.0720 e. The van der Waals surface area contributed by atoms with Crippen LogP contribution < -0.4 is 0 Å². The zero-order valence-corrected chi connectivity index (χ0v) is 26.2. The first-order valence-electron chi connectivity index (χ1n) is 16.2. The van der Waals surface area contributed by atoms with Gasteiger partial charge in [-0.3, -0.25) is 0 Å². The summed E-state index contributed by atoms with van der Waals surface area (Å²) < 4.78 is 2.75. The van der Waals surface area contributed by atoms with Gasteiger partial charge in [0, 0.05) is 25.7 Å². The van der Waals surface area contributed by atoms with E-state index < -0.39 is 10.8 Å². The van der Waals surface area contributed by atoms with E-state index in [9.17, 15) is 0 Å². The zero-order valence-electron chi connectivity index (χ0n) is 25.3. The molecule has 1 heterocycles. The molecule has 0 amide bonds. The van der Waals surface area contributed by atoms with E-state index in [2.05, 4.69) is 159 Å². The lowest BCUT2D eigenvalue weighted by molar-refractivity contribution is 0.633. The summed E-state index contributed by atoms with van der Waals surface area (Å²) in [6.45, 7) is 2.30. The van der Waals surface area contributed by atoms with Gasteiger partial charge in [-0.25, -0.2) is 0 Å². The number of benzene rings is 7. The molecular weight excluding hydrogens is 573 g/mol. The Morgan fingerprint density at radius 2 is 0.848 bits per heavy atom. The number of rotatable bonds is 0. The fraction of sp³-hybridized carbons (Fsp3) is 0.0667. The normalized spacial score (nSPS) is 15.4. The number of hydrogen-bond acceptors (Lipinski definition) is 1. The number of aryl methyl sites for hydroxylation is 1. The molecule has 7 aromatic carbocycles. The van der Waals surface area contributed by atoms with Gasteiger partial charge in [0.05, 0.1) is 10.8 Å². The van der Waals surface area contributed by atoms with Gasteiger partial charge in [0.1, 0.15) is 0 Å². The second-order valence-corrected chi connectivity index (χ2v) is 14.2. The van der Waals surface area contributed by atoms with Crippen LogP contribution in [0.3, 0.4) is 0 Å². The summed E-state index contributed by atoms with van der Waals surface area (Å²) in [6, 6.07) is 57.8. The van der Waals surface area contributed by atoms with Gasteiger partial charge in [-0.15, -0.1) is 11.3 Å². The minimum atomic E-state index is -0.439. The van der Waals surface area contributed by atoms with Gasteiger partial charge < -0.3 is 0 Å². The molecule has 0 nitrogen and oxygen atoms in total. The third kappa shape index (κ3) is 2.64. The van der Waals surface area contributed by atoms with Crippen LogP contribution in [0.4, 0.5) is 0 Å². The van der Waals surface area contributed by atoms with Crippen LogP contribution >= 0.6 is 11.3 Å². The summed E-state index contributed by atoms with van der Waals surface area (Å²) >= 11 is 1.95. The van der Waals surface area contributed by atoms with E-state index in [1.807, 2.05) is 11.3 Å². The highest BCUT2D eigenvalue weighted by Crippen LogP contribution is 2.68. The highest BCUT2D eigenvalue weighted by atomic mass is 32.1. The molecular formula is C45H28S. The van der Waals surface area contributed by atoms with Crippen molar-refractivity contribution in [2.75, 3.05) is 0 Å². The molecule has 11 rings (SSSR count). The second kappa shape index (κ2) is 8.51. The lowest BCUT2D eigenvalue weighted by Crippen LogP contribution is -2.43. The molecule has 8 aromatic rings. The lowest BCUT2D eigenvalue weighted by Gasteiger charge is -2.48. The lowest BCUT2D eigenvalue weighted by atomic mass is 9.52. The standard InChI is InChI=1S/C45H28S/c1-27-13-12-23-38-41(27)42-39(26-25-31-30-16-4-11-24-40(30)46-43(31)42)45(38)36-21-9-7-19-34(36)44(35-20-8-10-22-37(35)45)32-17-5-2-14-28(32)29-15-3-6-18-33(29)44/h2-26H,1H3. The van der Waals surface area contributed by atoms with Crippen LogP contribution in [0.2, 0.25) is 0 Å². The van der Waals surface area contributed by atoms with Crippen molar-refractivity contribution in [2.45, 2.75) is 17.8 Å². The van der Waals surface area contributed by atoms with Crippen molar-refractivity contribution in [1.82, 2.24) is 0 Å². The first-order valence-corrected chi connectivity index (χ1v) is 17.0. The number of fused-ring (bicyclic) bond motifs is 20. The second-order valence-electron chi connectivity index (χ2n) is 13.1. The van der Waals surface area contributed by atoms with Crippen molar-refractivity contribution in [2.24, 2.45) is 0 Å². The molecule has 1 heteroatoms. The van der Waals surface area contributed by atoms with Crippen LogP contribution in [-0.4, -0.2) is 0 Å². The molecule has 2 spiro atoms. The molecule has 0 N–H and O–H groups in total. The molecule has 0 fully saturated rings. The highest BCUT2D eigenvalue weighted by Gasteiger charge is 2.59. The summed E-state index contributed by atoms with van der Waals surface area (Å²) in [5, 5.41) is 2.71. The minimum absolute atomic E-state index is 0.403. The van der Waals surface area contributed by atoms with Crippen molar-refractivity contribution in [3.63, 3.8) is 0 Å². The first kappa shape index (κ1) is 25.0. The molecule has 1 aromatic heterocycles. The minimum Gasteiger partial charge on any atom is -0.135 e. The molecule has 0 aliphatic heterocycles. The van der Waals surface area contributed by atoms with E-state index in [0.29, 0.717) is 0 Å². The Kier molecular flexibility index (Phi) is 4.63. The molecule has 0 saturated heterocycles. The molecule has 0 unspecified atom stereocenters. The maximum Gasteiger partial charge on any atom is 0.0720 e. The number of thiophene rings is 1. The average molecular weight is 601 g/mol. The predicted molar refractivity (Wildman–Crippen MR) is 192 cm³/mol.